The lowest BCUT2D eigenvalue weighted by atomic mass is 10.1. The Morgan fingerprint density at radius 1 is 1.18 bits per heavy atom. The number of fused-ring (bicyclic) bond motifs is 1. The molecule has 2 atom stereocenters. The van der Waals surface area contributed by atoms with Crippen LogP contribution in [0.1, 0.15) is 40.0 Å². The molecule has 3 aromatic rings. The average molecular weight is 459 g/mol. The summed E-state index contributed by atoms with van der Waals surface area (Å²) in [5.41, 5.74) is 4.03. The average Bonchev–Trinajstić information content (AvgIpc) is 3.48. The largest absolute Gasteiger partial charge is 0.352 e. The molecule has 1 aliphatic heterocycles. The zero-order chi connectivity index (χ0) is 23.8. The summed E-state index contributed by atoms with van der Waals surface area (Å²) in [6, 6.07) is 8.19. The Kier molecular flexibility index (Phi) is 5.81. The minimum atomic E-state index is -0.0520. The Morgan fingerprint density at radius 2 is 1.97 bits per heavy atom. The summed E-state index contributed by atoms with van der Waals surface area (Å²) in [5.74, 6) is 0.947. The van der Waals surface area contributed by atoms with Gasteiger partial charge in [-0.05, 0) is 51.3 Å². The molecule has 176 valence electrons. The van der Waals surface area contributed by atoms with Crippen LogP contribution in [0.15, 0.2) is 48.3 Å². The second-order valence-electron chi connectivity index (χ2n) is 9.31. The number of H-pyrrole nitrogens is 1. The van der Waals surface area contributed by atoms with E-state index in [1.54, 1.807) is 13.1 Å². The van der Waals surface area contributed by atoms with Gasteiger partial charge in [0.15, 0.2) is 0 Å². The fourth-order valence-electron chi connectivity index (χ4n) is 5.25. The van der Waals surface area contributed by atoms with E-state index < -0.39 is 0 Å². The molecule has 1 saturated heterocycles. The van der Waals surface area contributed by atoms with Crippen molar-refractivity contribution in [2.75, 3.05) is 23.3 Å². The molecule has 2 amide bonds. The number of aromatic nitrogens is 3. The van der Waals surface area contributed by atoms with Crippen LogP contribution in [-0.2, 0) is 9.59 Å². The Morgan fingerprint density at radius 3 is 2.68 bits per heavy atom. The number of hydrogen-bond donors (Lipinski definition) is 2. The topological polar surface area (TPSA) is 94.2 Å². The molecule has 0 radical (unpaired) electrons. The van der Waals surface area contributed by atoms with E-state index in [1.165, 1.54) is 0 Å². The van der Waals surface area contributed by atoms with Gasteiger partial charge in [0.2, 0.25) is 5.91 Å². The minimum Gasteiger partial charge on any atom is -0.352 e. The molecule has 0 spiro atoms. The first-order valence-electron chi connectivity index (χ1n) is 11.9. The number of nitrogens with one attached hydrogen (secondary N) is 2. The summed E-state index contributed by atoms with van der Waals surface area (Å²) in [7, 11) is 0. The summed E-state index contributed by atoms with van der Waals surface area (Å²) < 4.78 is 0. The molecule has 3 aromatic heterocycles. The molecular formula is C26H30N6O2. The van der Waals surface area contributed by atoms with Crippen LogP contribution in [0.5, 0.6) is 0 Å². The van der Waals surface area contributed by atoms with Crippen LogP contribution in [0.3, 0.4) is 0 Å². The van der Waals surface area contributed by atoms with Crippen molar-refractivity contribution in [1.82, 2.24) is 19.9 Å². The highest BCUT2D eigenvalue weighted by Gasteiger charge is 2.31. The van der Waals surface area contributed by atoms with Gasteiger partial charge in [-0.3, -0.25) is 9.59 Å². The molecule has 5 rings (SSSR count). The second-order valence-corrected chi connectivity index (χ2v) is 9.31. The van der Waals surface area contributed by atoms with E-state index in [4.69, 9.17) is 4.98 Å². The van der Waals surface area contributed by atoms with E-state index in [0.29, 0.717) is 5.69 Å². The first kappa shape index (κ1) is 22.1. The molecule has 2 N–H and O–H groups in total. The van der Waals surface area contributed by atoms with Crippen LogP contribution in [0.4, 0.5) is 11.5 Å². The maximum atomic E-state index is 12.5. The third-order valence-electron chi connectivity index (χ3n) is 6.74. The monoisotopic (exact) mass is 458 g/mol. The summed E-state index contributed by atoms with van der Waals surface area (Å²) >= 11 is 0. The zero-order valence-electron chi connectivity index (χ0n) is 19.8. The number of nitrogens with zero attached hydrogens (tertiary/aromatic N) is 4. The van der Waals surface area contributed by atoms with E-state index in [2.05, 4.69) is 34.0 Å². The first-order valence-corrected chi connectivity index (χ1v) is 11.9. The lowest BCUT2D eigenvalue weighted by molar-refractivity contribution is -0.133. The summed E-state index contributed by atoms with van der Waals surface area (Å²) in [5, 5.41) is 3.89. The predicted octanol–water partition coefficient (Wildman–Crippen LogP) is 4.12. The van der Waals surface area contributed by atoms with Gasteiger partial charge in [0.25, 0.3) is 5.91 Å². The highest BCUT2D eigenvalue weighted by atomic mass is 16.2. The Bertz CT molecular complexity index is 1270. The van der Waals surface area contributed by atoms with Gasteiger partial charge in [0.05, 0.1) is 17.6 Å². The molecule has 0 aromatic carbocycles. The van der Waals surface area contributed by atoms with E-state index in [1.807, 2.05) is 41.4 Å². The van der Waals surface area contributed by atoms with Crippen molar-refractivity contribution in [3.8, 4) is 11.3 Å². The normalized spacial score (nSPS) is 20.5. The Balaban J connectivity index is 1.41. The van der Waals surface area contributed by atoms with Crippen LogP contribution in [0.25, 0.3) is 22.3 Å². The van der Waals surface area contributed by atoms with Gasteiger partial charge in [-0.15, -0.1) is 0 Å². The predicted molar refractivity (Wildman–Crippen MR) is 134 cm³/mol. The molecule has 1 aliphatic carbocycles. The number of rotatable bonds is 4. The molecule has 0 bridgehead atoms. The highest BCUT2D eigenvalue weighted by molar-refractivity contribution is 6.05. The molecule has 0 saturated carbocycles. The quantitative estimate of drug-likeness (QED) is 0.613. The van der Waals surface area contributed by atoms with E-state index >= 15 is 0 Å². The number of carbonyl (C=O) groups excluding carboxylic acids is 2. The van der Waals surface area contributed by atoms with Gasteiger partial charge >= 0.3 is 0 Å². The fraction of sp³-hybridized carbons (Fsp3) is 0.385. The first-order chi connectivity index (χ1) is 16.4. The van der Waals surface area contributed by atoms with Crippen molar-refractivity contribution >= 4 is 34.4 Å². The molecule has 8 heteroatoms. The molecule has 1 fully saturated rings. The number of pyridine rings is 2. The minimum absolute atomic E-state index is 0.0520. The summed E-state index contributed by atoms with van der Waals surface area (Å²) in [6.45, 7) is 7.27. The lowest BCUT2D eigenvalue weighted by Gasteiger charge is -2.44. The van der Waals surface area contributed by atoms with Crippen molar-refractivity contribution in [2.24, 2.45) is 0 Å². The maximum absolute atomic E-state index is 12.5. The number of anilines is 2. The number of piperazine rings is 1. The number of amides is 2. The Hall–Kier alpha value is -3.68. The van der Waals surface area contributed by atoms with E-state index in [0.717, 1.165) is 66.0 Å². The smallest absolute Gasteiger partial charge is 0.251 e. The highest BCUT2D eigenvalue weighted by Crippen LogP contribution is 2.31. The van der Waals surface area contributed by atoms with Gasteiger partial charge in [-0.25, -0.2) is 9.97 Å². The Labute approximate surface area is 199 Å². The number of hydrogen-bond acceptors (Lipinski definition) is 5. The second kappa shape index (κ2) is 8.93. The van der Waals surface area contributed by atoms with Crippen molar-refractivity contribution in [3.05, 3.63) is 48.3 Å². The molecule has 0 unspecified atom stereocenters. The van der Waals surface area contributed by atoms with E-state index in [9.17, 15) is 9.59 Å². The third-order valence-corrected chi connectivity index (χ3v) is 6.74. The standard InChI is InChI=1S/C26H30N6O2/c1-16-14-31(15-17(2)32(16)18(3)33)24-10-6-9-23(30-24)22-13-28-25-21(22)11-20(12-27-25)29-26(34)19-7-4-5-8-19/h6-7,9-13,16-17H,4-5,8,14-15H2,1-3H3,(H,27,28)(H,29,34)/t16-,17+. The van der Waals surface area contributed by atoms with Gasteiger partial charge < -0.3 is 20.1 Å². The van der Waals surface area contributed by atoms with Gasteiger partial charge in [-0.1, -0.05) is 12.1 Å². The molecular weight excluding hydrogens is 428 g/mol. The van der Waals surface area contributed by atoms with Crippen molar-refractivity contribution in [2.45, 2.75) is 52.1 Å². The van der Waals surface area contributed by atoms with E-state index in [-0.39, 0.29) is 23.9 Å². The third kappa shape index (κ3) is 4.16. The van der Waals surface area contributed by atoms with Crippen LogP contribution < -0.4 is 10.2 Å². The van der Waals surface area contributed by atoms with Crippen LogP contribution in [-0.4, -0.2) is 56.8 Å². The van der Waals surface area contributed by atoms with Crippen molar-refractivity contribution < 1.29 is 9.59 Å². The SMILES string of the molecule is CC(=O)N1[C@H](C)CN(c2cccc(-c3c[nH]c4ncc(NC(=O)C5=CCCC5)cc34)n2)C[C@@H]1C. The maximum Gasteiger partial charge on any atom is 0.251 e. The van der Waals surface area contributed by atoms with Crippen molar-refractivity contribution in [3.63, 3.8) is 0 Å². The zero-order valence-corrected chi connectivity index (χ0v) is 19.8. The molecule has 4 heterocycles. The summed E-state index contributed by atoms with van der Waals surface area (Å²) in [4.78, 5) is 41.4. The molecule has 8 nitrogen and oxygen atoms in total. The van der Waals surface area contributed by atoms with Crippen molar-refractivity contribution in [1.29, 1.82) is 0 Å². The van der Waals surface area contributed by atoms with Crippen LogP contribution >= 0.6 is 0 Å². The lowest BCUT2D eigenvalue weighted by Crippen LogP contribution is -2.58. The van der Waals surface area contributed by atoms with Gasteiger partial charge in [0.1, 0.15) is 11.5 Å². The number of allylic oxidation sites excluding steroid dienone is 1. The summed E-state index contributed by atoms with van der Waals surface area (Å²) in [6.07, 6.45) is 8.42. The molecule has 34 heavy (non-hydrogen) atoms. The fourth-order valence-corrected chi connectivity index (χ4v) is 5.25. The molecule has 2 aliphatic rings. The van der Waals surface area contributed by atoms with Gasteiger partial charge in [0, 0.05) is 54.8 Å². The van der Waals surface area contributed by atoms with Gasteiger partial charge in [-0.2, -0.15) is 0 Å². The number of carbonyl (C=O) groups is 2. The van der Waals surface area contributed by atoms with Crippen LogP contribution in [0.2, 0.25) is 0 Å². The van der Waals surface area contributed by atoms with Crippen LogP contribution in [0, 0.1) is 0 Å². The number of aromatic amines is 1.